The fourth-order valence-electron chi connectivity index (χ4n) is 3.71. The Kier molecular flexibility index (Phi) is 5.54. The summed E-state index contributed by atoms with van der Waals surface area (Å²) >= 11 is 0. The Labute approximate surface area is 179 Å². The molecule has 1 atom stereocenters. The molecule has 0 spiro atoms. The van der Waals surface area contributed by atoms with Crippen LogP contribution in [0, 0.1) is 11.3 Å². The molecule has 7 heteroatoms. The van der Waals surface area contributed by atoms with Crippen molar-refractivity contribution in [2.75, 3.05) is 13.7 Å². The van der Waals surface area contributed by atoms with Gasteiger partial charge < -0.3 is 24.4 Å². The summed E-state index contributed by atoms with van der Waals surface area (Å²) in [5.74, 6) is 0.599. The van der Waals surface area contributed by atoms with Gasteiger partial charge >= 0.3 is 5.63 Å². The minimum Gasteiger partial charge on any atom is -0.493 e. The first kappa shape index (κ1) is 20.4. The summed E-state index contributed by atoms with van der Waals surface area (Å²) in [6.07, 6.45) is 1.88. The van der Waals surface area contributed by atoms with Gasteiger partial charge in [0.15, 0.2) is 17.2 Å². The van der Waals surface area contributed by atoms with Crippen LogP contribution in [-0.4, -0.2) is 13.7 Å². The van der Waals surface area contributed by atoms with Gasteiger partial charge in [0.1, 0.15) is 17.2 Å². The van der Waals surface area contributed by atoms with E-state index in [1.165, 1.54) is 0 Å². The second-order valence-corrected chi connectivity index (χ2v) is 7.17. The molecule has 0 saturated carbocycles. The number of para-hydroxylation sites is 1. The van der Waals surface area contributed by atoms with Gasteiger partial charge in [0, 0.05) is 0 Å². The molecule has 31 heavy (non-hydrogen) atoms. The van der Waals surface area contributed by atoms with E-state index in [0.717, 1.165) is 12.8 Å². The number of benzene rings is 2. The molecule has 2 aromatic carbocycles. The highest BCUT2D eigenvalue weighted by molar-refractivity contribution is 5.86. The number of nitrogens with zero attached hydrogens (tertiary/aromatic N) is 1. The van der Waals surface area contributed by atoms with Gasteiger partial charge in [0.25, 0.3) is 0 Å². The van der Waals surface area contributed by atoms with Gasteiger partial charge in [-0.15, -0.1) is 0 Å². The number of fused-ring (bicyclic) bond motifs is 3. The summed E-state index contributed by atoms with van der Waals surface area (Å²) in [5, 5.41) is 10.4. The van der Waals surface area contributed by atoms with Crippen molar-refractivity contribution in [2.24, 2.45) is 5.73 Å². The number of nitrogens with two attached hydrogens (primary N) is 1. The summed E-state index contributed by atoms with van der Waals surface area (Å²) in [6, 6.07) is 14.4. The van der Waals surface area contributed by atoms with Crippen LogP contribution in [0.2, 0.25) is 0 Å². The lowest BCUT2D eigenvalue weighted by atomic mass is 9.83. The second-order valence-electron chi connectivity index (χ2n) is 7.17. The molecule has 1 aliphatic rings. The van der Waals surface area contributed by atoms with Gasteiger partial charge in [0.05, 0.1) is 30.6 Å². The Bertz CT molecular complexity index is 1270. The van der Waals surface area contributed by atoms with E-state index in [4.69, 9.17) is 24.4 Å². The molecule has 0 bridgehead atoms. The van der Waals surface area contributed by atoms with Crippen molar-refractivity contribution in [1.29, 1.82) is 5.26 Å². The third kappa shape index (κ3) is 3.57. The number of methoxy groups -OCH3 is 1. The number of unbranched alkanes of at least 4 members (excludes halogenated alkanes) is 1. The van der Waals surface area contributed by atoms with E-state index in [1.54, 1.807) is 43.5 Å². The van der Waals surface area contributed by atoms with Crippen LogP contribution in [0.25, 0.3) is 11.0 Å². The summed E-state index contributed by atoms with van der Waals surface area (Å²) in [6.45, 7) is 2.60. The van der Waals surface area contributed by atoms with Crippen molar-refractivity contribution in [3.8, 4) is 23.3 Å². The van der Waals surface area contributed by atoms with E-state index < -0.39 is 11.5 Å². The van der Waals surface area contributed by atoms with E-state index in [0.29, 0.717) is 40.4 Å². The molecule has 158 valence electrons. The van der Waals surface area contributed by atoms with Crippen LogP contribution in [0.1, 0.15) is 36.8 Å². The number of ether oxygens (including phenoxy) is 3. The van der Waals surface area contributed by atoms with Gasteiger partial charge in [0.2, 0.25) is 5.88 Å². The molecule has 0 fully saturated rings. The summed E-state index contributed by atoms with van der Waals surface area (Å²) in [5.41, 5.74) is 6.94. The Balaban J connectivity index is 1.92. The number of hydrogen-bond donors (Lipinski definition) is 1. The number of nitriles is 1. The fourth-order valence-corrected chi connectivity index (χ4v) is 3.71. The summed E-state index contributed by atoms with van der Waals surface area (Å²) in [4.78, 5) is 13.0. The molecule has 0 aliphatic carbocycles. The third-order valence-electron chi connectivity index (χ3n) is 5.25. The smallest absolute Gasteiger partial charge is 0.344 e. The van der Waals surface area contributed by atoms with Crippen molar-refractivity contribution in [3.63, 3.8) is 0 Å². The lowest BCUT2D eigenvalue weighted by Crippen LogP contribution is -2.26. The quantitative estimate of drug-likeness (QED) is 0.472. The minimum atomic E-state index is -0.756. The van der Waals surface area contributed by atoms with E-state index in [2.05, 4.69) is 13.0 Å². The van der Waals surface area contributed by atoms with Crippen molar-refractivity contribution >= 4 is 11.0 Å². The zero-order chi connectivity index (χ0) is 22.0. The molecule has 2 heterocycles. The van der Waals surface area contributed by atoms with E-state index >= 15 is 0 Å². The first-order valence-electron chi connectivity index (χ1n) is 10.0. The molecular weight excluding hydrogens is 396 g/mol. The molecule has 0 saturated heterocycles. The van der Waals surface area contributed by atoms with Gasteiger partial charge in [-0.2, -0.15) is 5.26 Å². The molecule has 1 aliphatic heterocycles. The standard InChI is InChI=1S/C24H22N2O5/c1-3-4-11-29-19-12-14(9-10-18(19)28-2)20-16(13-25)23(26)31-22-15-7-5-6-8-17(15)30-24(27)21(20)22/h5-10,12,20H,3-4,11,26H2,1-2H3/t20-/m1/s1. The maximum Gasteiger partial charge on any atom is 0.344 e. The van der Waals surface area contributed by atoms with Crippen LogP contribution in [-0.2, 0) is 0 Å². The van der Waals surface area contributed by atoms with Crippen LogP contribution in [0.15, 0.2) is 63.1 Å². The first-order valence-corrected chi connectivity index (χ1v) is 10.0. The normalized spacial score (nSPS) is 15.2. The van der Waals surface area contributed by atoms with Crippen molar-refractivity contribution < 1.29 is 18.6 Å². The highest BCUT2D eigenvalue weighted by Gasteiger charge is 2.35. The predicted molar refractivity (Wildman–Crippen MR) is 115 cm³/mol. The first-order chi connectivity index (χ1) is 15.1. The Morgan fingerprint density at radius 1 is 1.19 bits per heavy atom. The highest BCUT2D eigenvalue weighted by atomic mass is 16.5. The van der Waals surface area contributed by atoms with Crippen LogP contribution < -0.4 is 25.6 Å². The summed E-state index contributed by atoms with van der Waals surface area (Å²) in [7, 11) is 1.56. The van der Waals surface area contributed by atoms with Crippen LogP contribution in [0.5, 0.6) is 17.2 Å². The number of rotatable bonds is 6. The average Bonchev–Trinajstić information content (AvgIpc) is 2.78. The molecule has 0 radical (unpaired) electrons. The molecular formula is C24H22N2O5. The minimum absolute atomic E-state index is 0.0416. The Morgan fingerprint density at radius 2 is 2.00 bits per heavy atom. The van der Waals surface area contributed by atoms with Gasteiger partial charge in [-0.25, -0.2) is 4.79 Å². The lowest BCUT2D eigenvalue weighted by molar-refractivity contribution is 0.288. The predicted octanol–water partition coefficient (Wildman–Crippen LogP) is 4.20. The molecule has 3 aromatic rings. The zero-order valence-corrected chi connectivity index (χ0v) is 17.3. The maximum atomic E-state index is 13.0. The van der Waals surface area contributed by atoms with Gasteiger partial charge in [-0.1, -0.05) is 31.5 Å². The Hall–Kier alpha value is -3.92. The molecule has 0 unspecified atom stereocenters. The van der Waals surface area contributed by atoms with Crippen molar-refractivity contribution in [2.45, 2.75) is 25.7 Å². The topological polar surface area (TPSA) is 108 Å². The third-order valence-corrected chi connectivity index (χ3v) is 5.25. The fraction of sp³-hybridized carbons (Fsp3) is 0.250. The molecule has 7 nitrogen and oxygen atoms in total. The van der Waals surface area contributed by atoms with Crippen molar-refractivity contribution in [3.05, 3.63) is 75.5 Å². The largest absolute Gasteiger partial charge is 0.493 e. The zero-order valence-electron chi connectivity index (χ0n) is 17.3. The lowest BCUT2D eigenvalue weighted by Gasteiger charge is -2.26. The summed E-state index contributed by atoms with van der Waals surface area (Å²) < 4.78 is 22.6. The van der Waals surface area contributed by atoms with E-state index in [9.17, 15) is 10.1 Å². The van der Waals surface area contributed by atoms with Crippen molar-refractivity contribution in [1.82, 2.24) is 0 Å². The molecule has 2 N–H and O–H groups in total. The molecule has 1 aromatic heterocycles. The molecule has 0 amide bonds. The van der Waals surface area contributed by atoms with Gasteiger partial charge in [-0.3, -0.25) is 0 Å². The van der Waals surface area contributed by atoms with E-state index in [-0.39, 0.29) is 17.0 Å². The molecule has 4 rings (SSSR count). The monoisotopic (exact) mass is 418 g/mol. The highest BCUT2D eigenvalue weighted by Crippen LogP contribution is 2.45. The van der Waals surface area contributed by atoms with Crippen LogP contribution in [0.4, 0.5) is 0 Å². The SMILES string of the molecule is CCCCOc1cc([C@@H]2C(C#N)=C(N)Oc3c2c(=O)oc2ccccc32)ccc1OC. The average molecular weight is 418 g/mol. The number of allylic oxidation sites excluding steroid dienone is 1. The van der Waals surface area contributed by atoms with Crippen LogP contribution in [0.3, 0.4) is 0 Å². The maximum absolute atomic E-state index is 13.0. The van der Waals surface area contributed by atoms with Gasteiger partial charge in [-0.05, 0) is 36.2 Å². The van der Waals surface area contributed by atoms with Crippen LogP contribution >= 0.6 is 0 Å². The number of hydrogen-bond acceptors (Lipinski definition) is 7. The second kappa shape index (κ2) is 8.44. The van der Waals surface area contributed by atoms with E-state index in [1.807, 2.05) is 6.07 Å². The Morgan fingerprint density at radius 3 is 2.74 bits per heavy atom.